The summed E-state index contributed by atoms with van der Waals surface area (Å²) in [5.74, 6) is 0. The fourth-order valence-corrected chi connectivity index (χ4v) is 1.48. The van der Waals surface area contributed by atoms with Gasteiger partial charge in [-0.2, -0.15) is 0 Å². The van der Waals surface area contributed by atoms with E-state index in [1.807, 2.05) is 0 Å². The zero-order valence-electron chi connectivity index (χ0n) is 8.35. The highest BCUT2D eigenvalue weighted by Gasteiger charge is 2.02. The van der Waals surface area contributed by atoms with Crippen LogP contribution in [-0.2, 0) is 0 Å². The molecule has 0 heterocycles. The molecular formula is C9H22NP. The summed E-state index contributed by atoms with van der Waals surface area (Å²) in [5, 5.41) is 0. The average Bonchev–Trinajstić information content (AvgIpc) is 2.06. The van der Waals surface area contributed by atoms with E-state index in [1.165, 1.54) is 26.1 Å². The Morgan fingerprint density at radius 2 is 1.82 bits per heavy atom. The van der Waals surface area contributed by atoms with Gasteiger partial charge >= 0.3 is 0 Å². The molecule has 0 aromatic rings. The number of hydrogen-bond acceptors (Lipinski definition) is 1. The Morgan fingerprint density at radius 1 is 1.27 bits per heavy atom. The van der Waals surface area contributed by atoms with Gasteiger partial charge in [-0.25, -0.2) is 0 Å². The van der Waals surface area contributed by atoms with Gasteiger partial charge < -0.3 is 4.90 Å². The third kappa shape index (κ3) is 5.64. The second-order valence-corrected chi connectivity index (χ2v) is 4.57. The molecule has 68 valence electrons. The monoisotopic (exact) mass is 175 g/mol. The van der Waals surface area contributed by atoms with E-state index in [0.29, 0.717) is 0 Å². The van der Waals surface area contributed by atoms with Crippen LogP contribution >= 0.6 is 8.58 Å². The maximum atomic E-state index is 2.50. The van der Waals surface area contributed by atoms with Gasteiger partial charge in [-0.3, -0.25) is 0 Å². The van der Waals surface area contributed by atoms with Gasteiger partial charge in [-0.1, -0.05) is 20.8 Å². The van der Waals surface area contributed by atoms with Crippen LogP contribution in [0.25, 0.3) is 0 Å². The first kappa shape index (κ1) is 11.4. The van der Waals surface area contributed by atoms with Gasteiger partial charge in [-0.15, -0.1) is 8.58 Å². The molecule has 2 atom stereocenters. The summed E-state index contributed by atoms with van der Waals surface area (Å²) in [7, 11) is 1.11. The second-order valence-electron chi connectivity index (χ2n) is 3.01. The molecule has 1 nitrogen and oxygen atoms in total. The van der Waals surface area contributed by atoms with Crippen molar-refractivity contribution in [1.82, 2.24) is 4.90 Å². The van der Waals surface area contributed by atoms with Crippen molar-refractivity contribution in [3.63, 3.8) is 0 Å². The molecule has 0 rings (SSSR count). The van der Waals surface area contributed by atoms with Crippen LogP contribution in [0.1, 0.15) is 27.2 Å². The lowest BCUT2D eigenvalue weighted by atomic mass is 10.3. The lowest BCUT2D eigenvalue weighted by molar-refractivity contribution is 0.300. The third-order valence-corrected chi connectivity index (χ3v) is 3.54. The van der Waals surface area contributed by atoms with E-state index in [-0.39, 0.29) is 0 Å². The molecule has 11 heavy (non-hydrogen) atoms. The summed E-state index contributed by atoms with van der Waals surface area (Å²) in [5.41, 5.74) is 0.926. The van der Waals surface area contributed by atoms with Crippen molar-refractivity contribution in [3.05, 3.63) is 0 Å². The van der Waals surface area contributed by atoms with Gasteiger partial charge in [0, 0.05) is 0 Å². The van der Waals surface area contributed by atoms with Crippen molar-refractivity contribution in [2.24, 2.45) is 0 Å². The van der Waals surface area contributed by atoms with Gasteiger partial charge in [0.15, 0.2) is 0 Å². The molecule has 0 amide bonds. The fourth-order valence-electron chi connectivity index (χ4n) is 1.06. The fraction of sp³-hybridized carbons (Fsp3) is 1.00. The van der Waals surface area contributed by atoms with Gasteiger partial charge in [-0.05, 0) is 38.4 Å². The highest BCUT2D eigenvalue weighted by atomic mass is 31.1. The van der Waals surface area contributed by atoms with Crippen LogP contribution in [0.15, 0.2) is 0 Å². The highest BCUT2D eigenvalue weighted by molar-refractivity contribution is 7.37. The number of nitrogens with zero attached hydrogens (tertiary/aromatic N) is 1. The molecular weight excluding hydrogens is 153 g/mol. The van der Waals surface area contributed by atoms with E-state index < -0.39 is 0 Å². The number of hydrogen-bond donors (Lipinski definition) is 0. The van der Waals surface area contributed by atoms with Crippen molar-refractivity contribution >= 4 is 8.58 Å². The Labute approximate surface area is 73.3 Å². The van der Waals surface area contributed by atoms with E-state index in [1.54, 1.807) is 0 Å². The molecule has 2 unspecified atom stereocenters. The molecule has 0 aromatic heterocycles. The average molecular weight is 175 g/mol. The maximum Gasteiger partial charge on any atom is -0.00131 e. The summed E-state index contributed by atoms with van der Waals surface area (Å²) in [6.07, 6.45) is 1.37. The minimum Gasteiger partial charge on any atom is -0.304 e. The molecule has 0 aromatic carbocycles. The first-order valence-electron chi connectivity index (χ1n) is 4.64. The normalized spacial score (nSPS) is 15.0. The van der Waals surface area contributed by atoms with Gasteiger partial charge in [0.1, 0.15) is 0 Å². The third-order valence-electron chi connectivity index (χ3n) is 2.27. The van der Waals surface area contributed by atoms with Crippen molar-refractivity contribution in [2.75, 3.05) is 26.3 Å². The second kappa shape index (κ2) is 7.06. The van der Waals surface area contributed by atoms with Crippen LogP contribution in [0.2, 0.25) is 0 Å². The minimum absolute atomic E-state index is 0.926. The largest absolute Gasteiger partial charge is 0.304 e. The first-order chi connectivity index (χ1) is 5.24. The van der Waals surface area contributed by atoms with Crippen LogP contribution in [0.4, 0.5) is 0 Å². The molecule has 0 N–H and O–H groups in total. The van der Waals surface area contributed by atoms with Crippen LogP contribution < -0.4 is 0 Å². The summed E-state index contributed by atoms with van der Waals surface area (Å²) in [6.45, 7) is 12.8. The summed E-state index contributed by atoms with van der Waals surface area (Å²) >= 11 is 0. The number of rotatable bonds is 6. The predicted octanol–water partition coefficient (Wildman–Crippen LogP) is 2.42. The molecule has 0 saturated carbocycles. The Kier molecular flexibility index (Phi) is 7.31. The zero-order valence-corrected chi connectivity index (χ0v) is 9.35. The molecule has 2 heteroatoms. The quantitative estimate of drug-likeness (QED) is 0.560. The highest BCUT2D eigenvalue weighted by Crippen LogP contribution is 2.16. The van der Waals surface area contributed by atoms with E-state index in [4.69, 9.17) is 0 Å². The van der Waals surface area contributed by atoms with Crippen molar-refractivity contribution in [1.29, 1.82) is 0 Å². The van der Waals surface area contributed by atoms with Crippen LogP contribution in [0.3, 0.4) is 0 Å². The molecule has 0 spiro atoms. The van der Waals surface area contributed by atoms with Crippen molar-refractivity contribution in [2.45, 2.75) is 32.9 Å². The standard InChI is InChI=1S/C9H22NP/c1-5-10(6-2)8-7-9(3)11-4/h9,11H,5-8H2,1-4H3. The topological polar surface area (TPSA) is 3.24 Å². The van der Waals surface area contributed by atoms with Crippen LogP contribution in [-0.4, -0.2) is 36.9 Å². The Bertz CT molecular complexity index is 81.6. The smallest absolute Gasteiger partial charge is 0.00131 e. The Morgan fingerprint density at radius 3 is 2.18 bits per heavy atom. The molecule has 0 bridgehead atoms. The van der Waals surface area contributed by atoms with Gasteiger partial charge in [0.2, 0.25) is 0 Å². The maximum absolute atomic E-state index is 2.50. The summed E-state index contributed by atoms with van der Waals surface area (Å²) in [4.78, 5) is 2.50. The predicted molar refractivity (Wildman–Crippen MR) is 56.1 cm³/mol. The summed E-state index contributed by atoms with van der Waals surface area (Å²) < 4.78 is 0. The van der Waals surface area contributed by atoms with E-state index in [9.17, 15) is 0 Å². The SMILES string of the molecule is CCN(CC)CCC(C)PC. The van der Waals surface area contributed by atoms with E-state index in [0.717, 1.165) is 14.2 Å². The zero-order chi connectivity index (χ0) is 8.69. The van der Waals surface area contributed by atoms with E-state index in [2.05, 4.69) is 32.3 Å². The molecule has 0 saturated heterocycles. The van der Waals surface area contributed by atoms with Crippen molar-refractivity contribution < 1.29 is 0 Å². The van der Waals surface area contributed by atoms with Crippen LogP contribution in [0.5, 0.6) is 0 Å². The van der Waals surface area contributed by atoms with Crippen LogP contribution in [0, 0.1) is 0 Å². The Hall–Kier alpha value is 0.390. The molecule has 0 aliphatic carbocycles. The van der Waals surface area contributed by atoms with E-state index >= 15 is 0 Å². The summed E-state index contributed by atoms with van der Waals surface area (Å²) in [6, 6.07) is 0. The molecule has 0 radical (unpaired) electrons. The minimum atomic E-state index is 0.926. The first-order valence-corrected chi connectivity index (χ1v) is 6.21. The Balaban J connectivity index is 3.34. The lowest BCUT2D eigenvalue weighted by Crippen LogP contribution is -2.25. The lowest BCUT2D eigenvalue weighted by Gasteiger charge is -2.19. The van der Waals surface area contributed by atoms with Crippen molar-refractivity contribution in [3.8, 4) is 0 Å². The molecule has 0 aliphatic rings. The van der Waals surface area contributed by atoms with Gasteiger partial charge in [0.25, 0.3) is 0 Å². The molecule has 0 aliphatic heterocycles. The van der Waals surface area contributed by atoms with Gasteiger partial charge in [0.05, 0.1) is 0 Å². The molecule has 0 fully saturated rings.